The number of benzene rings is 1. The lowest BCUT2D eigenvalue weighted by molar-refractivity contribution is 0.171. The quantitative estimate of drug-likeness (QED) is 0.841. The van der Waals surface area contributed by atoms with Crippen LogP contribution in [0.5, 0.6) is 11.5 Å². The van der Waals surface area contributed by atoms with Crippen molar-refractivity contribution in [1.82, 2.24) is 14.8 Å². The van der Waals surface area contributed by atoms with E-state index in [1.165, 1.54) is 0 Å². The topological polar surface area (TPSA) is 72.3 Å². The maximum Gasteiger partial charge on any atom is 0.199 e. The molecule has 106 valence electrons. The third kappa shape index (κ3) is 2.41. The Hall–Kier alpha value is -1.86. The number of H-pyrrole nitrogens is 1. The second kappa shape index (κ2) is 5.26. The first-order valence-electron chi connectivity index (χ1n) is 6.39. The van der Waals surface area contributed by atoms with Gasteiger partial charge < -0.3 is 14.6 Å². The van der Waals surface area contributed by atoms with Crippen molar-refractivity contribution in [2.75, 3.05) is 13.2 Å². The van der Waals surface area contributed by atoms with Crippen LogP contribution < -0.4 is 9.47 Å². The highest BCUT2D eigenvalue weighted by Gasteiger charge is 2.15. The average Bonchev–Trinajstić information content (AvgIpc) is 2.78. The first-order valence-corrected chi connectivity index (χ1v) is 6.80. The van der Waals surface area contributed by atoms with Gasteiger partial charge in [0.2, 0.25) is 0 Å². The first-order chi connectivity index (χ1) is 9.65. The molecule has 6 nitrogen and oxygen atoms in total. The zero-order chi connectivity index (χ0) is 14.1. The van der Waals surface area contributed by atoms with Crippen molar-refractivity contribution in [3.63, 3.8) is 0 Å². The van der Waals surface area contributed by atoms with Gasteiger partial charge in [-0.05, 0) is 31.3 Å². The summed E-state index contributed by atoms with van der Waals surface area (Å²) in [6.45, 7) is 2.81. The molecule has 1 aromatic heterocycles. The van der Waals surface area contributed by atoms with Gasteiger partial charge in [-0.25, -0.2) is 0 Å². The summed E-state index contributed by atoms with van der Waals surface area (Å²) in [5, 5.41) is 16.4. The van der Waals surface area contributed by atoms with Gasteiger partial charge in [0.05, 0.1) is 11.8 Å². The molecule has 0 unspecified atom stereocenters. The fourth-order valence-electron chi connectivity index (χ4n) is 2.17. The molecule has 1 aromatic carbocycles. The van der Waals surface area contributed by atoms with Gasteiger partial charge in [-0.15, -0.1) is 0 Å². The van der Waals surface area contributed by atoms with Crippen molar-refractivity contribution >= 4 is 12.2 Å². The number of hydrogen-bond donors (Lipinski definition) is 2. The molecular formula is C13H15N3O3S. The van der Waals surface area contributed by atoms with Crippen LogP contribution in [0.4, 0.5) is 0 Å². The molecule has 0 spiro atoms. The van der Waals surface area contributed by atoms with Crippen LogP contribution in [-0.2, 0) is 6.42 Å². The molecule has 1 aliphatic heterocycles. The smallest absolute Gasteiger partial charge is 0.199 e. The van der Waals surface area contributed by atoms with Gasteiger partial charge in [0, 0.05) is 12.5 Å². The number of rotatable bonds is 3. The maximum absolute atomic E-state index is 9.53. The molecule has 0 saturated heterocycles. The molecule has 0 saturated carbocycles. The summed E-state index contributed by atoms with van der Waals surface area (Å²) in [6.07, 6.45) is -0.0714. The van der Waals surface area contributed by atoms with Crippen LogP contribution in [0, 0.1) is 4.77 Å². The fraction of sp³-hybridized carbons (Fsp3) is 0.385. The van der Waals surface area contributed by atoms with Gasteiger partial charge in [-0.1, -0.05) is 0 Å². The molecule has 3 rings (SSSR count). The van der Waals surface area contributed by atoms with E-state index < -0.39 is 6.10 Å². The number of fused-ring (bicyclic) bond motifs is 1. The van der Waals surface area contributed by atoms with E-state index in [0.717, 1.165) is 11.4 Å². The highest BCUT2D eigenvalue weighted by atomic mass is 32.1. The Labute approximate surface area is 121 Å². The summed E-state index contributed by atoms with van der Waals surface area (Å²) in [7, 11) is 0. The average molecular weight is 293 g/mol. The monoisotopic (exact) mass is 293 g/mol. The van der Waals surface area contributed by atoms with E-state index in [9.17, 15) is 5.11 Å². The van der Waals surface area contributed by atoms with Crippen LogP contribution in [-0.4, -0.2) is 39.2 Å². The third-order valence-corrected chi connectivity index (χ3v) is 3.28. The Kier molecular flexibility index (Phi) is 3.45. The zero-order valence-electron chi connectivity index (χ0n) is 11.0. The molecule has 2 aromatic rings. The van der Waals surface area contributed by atoms with Crippen molar-refractivity contribution in [3.05, 3.63) is 28.8 Å². The van der Waals surface area contributed by atoms with E-state index in [0.29, 0.717) is 36.0 Å². The predicted octanol–water partition coefficient (Wildman–Crippen LogP) is 1.62. The minimum atomic E-state index is -0.490. The zero-order valence-corrected chi connectivity index (χ0v) is 11.8. The summed E-state index contributed by atoms with van der Waals surface area (Å²) >= 11 is 5.25. The maximum atomic E-state index is 9.53. The lowest BCUT2D eigenvalue weighted by Crippen LogP contribution is -2.16. The van der Waals surface area contributed by atoms with Gasteiger partial charge in [-0.3, -0.25) is 9.67 Å². The lowest BCUT2D eigenvalue weighted by atomic mass is 10.2. The summed E-state index contributed by atoms with van der Waals surface area (Å²) < 4.78 is 13.3. The number of nitrogens with one attached hydrogen (secondary N) is 1. The van der Waals surface area contributed by atoms with Crippen LogP contribution in [0.1, 0.15) is 12.7 Å². The molecular weight excluding hydrogens is 278 g/mol. The Morgan fingerprint density at radius 3 is 2.90 bits per heavy atom. The van der Waals surface area contributed by atoms with Gasteiger partial charge in [-0.2, -0.15) is 5.10 Å². The lowest BCUT2D eigenvalue weighted by Gasteiger charge is -2.19. The molecule has 0 fully saturated rings. The van der Waals surface area contributed by atoms with E-state index >= 15 is 0 Å². The van der Waals surface area contributed by atoms with Crippen molar-refractivity contribution in [2.45, 2.75) is 19.4 Å². The second-order valence-corrected chi connectivity index (χ2v) is 5.05. The van der Waals surface area contributed by atoms with Gasteiger partial charge in [0.25, 0.3) is 0 Å². The normalized spacial score (nSPS) is 15.1. The van der Waals surface area contributed by atoms with E-state index in [4.69, 9.17) is 21.7 Å². The van der Waals surface area contributed by atoms with Gasteiger partial charge in [0.1, 0.15) is 19.0 Å². The molecule has 2 N–H and O–H groups in total. The minimum absolute atomic E-state index is 0.418. The highest BCUT2D eigenvalue weighted by Crippen LogP contribution is 2.32. The second-order valence-electron chi connectivity index (χ2n) is 4.66. The number of aliphatic hydroxyl groups excluding tert-OH is 1. The van der Waals surface area contributed by atoms with Crippen LogP contribution in [0.25, 0.3) is 5.69 Å². The molecule has 0 amide bonds. The number of aromatic nitrogens is 3. The Morgan fingerprint density at radius 1 is 1.40 bits per heavy atom. The fourth-order valence-corrected chi connectivity index (χ4v) is 2.42. The van der Waals surface area contributed by atoms with Crippen LogP contribution >= 0.6 is 12.2 Å². The molecule has 1 atom stereocenters. The highest BCUT2D eigenvalue weighted by molar-refractivity contribution is 7.71. The minimum Gasteiger partial charge on any atom is -0.486 e. The van der Waals surface area contributed by atoms with Crippen LogP contribution in [0.2, 0.25) is 0 Å². The molecule has 1 aliphatic rings. The largest absolute Gasteiger partial charge is 0.486 e. The third-order valence-electron chi connectivity index (χ3n) is 3.00. The number of nitrogens with zero attached hydrogens (tertiary/aromatic N) is 2. The Morgan fingerprint density at radius 2 is 2.15 bits per heavy atom. The van der Waals surface area contributed by atoms with Crippen LogP contribution in [0.15, 0.2) is 18.2 Å². The summed E-state index contributed by atoms with van der Waals surface area (Å²) in [6, 6.07) is 5.61. The van der Waals surface area contributed by atoms with E-state index in [2.05, 4.69) is 10.2 Å². The molecule has 7 heteroatoms. The van der Waals surface area contributed by atoms with E-state index in [1.54, 1.807) is 11.5 Å². The van der Waals surface area contributed by atoms with Crippen molar-refractivity contribution < 1.29 is 14.6 Å². The van der Waals surface area contributed by atoms with Crippen molar-refractivity contribution in [3.8, 4) is 17.2 Å². The predicted molar refractivity (Wildman–Crippen MR) is 75.1 cm³/mol. The Bertz CT molecular complexity index is 678. The van der Waals surface area contributed by atoms with E-state index in [1.807, 2.05) is 18.2 Å². The van der Waals surface area contributed by atoms with Gasteiger partial charge in [0.15, 0.2) is 16.3 Å². The SMILES string of the molecule is C[C@@H](O)Cc1n[nH]c(=S)n1-c1ccc2c(c1)OCCO2. The van der Waals surface area contributed by atoms with Crippen molar-refractivity contribution in [1.29, 1.82) is 0 Å². The van der Waals surface area contributed by atoms with Crippen LogP contribution in [0.3, 0.4) is 0 Å². The first kappa shape index (κ1) is 13.1. The van der Waals surface area contributed by atoms with E-state index in [-0.39, 0.29) is 0 Å². The summed E-state index contributed by atoms with van der Waals surface area (Å²) in [5.74, 6) is 2.11. The molecule has 0 radical (unpaired) electrons. The van der Waals surface area contributed by atoms with Crippen molar-refractivity contribution in [2.24, 2.45) is 0 Å². The molecule has 2 heterocycles. The number of aliphatic hydroxyl groups is 1. The Balaban J connectivity index is 2.04. The van der Waals surface area contributed by atoms with Gasteiger partial charge >= 0.3 is 0 Å². The number of ether oxygens (including phenoxy) is 2. The molecule has 0 aliphatic carbocycles. The number of aromatic amines is 1. The molecule has 0 bridgehead atoms. The standard InChI is InChI=1S/C13H15N3O3S/c1-8(17)6-12-14-15-13(20)16(12)9-2-3-10-11(7-9)19-5-4-18-10/h2-3,7-8,17H,4-6H2,1H3,(H,15,20)/t8-/m1/s1. The summed E-state index contributed by atoms with van der Waals surface area (Å²) in [4.78, 5) is 0. The number of hydrogen-bond acceptors (Lipinski definition) is 5. The summed E-state index contributed by atoms with van der Waals surface area (Å²) in [5.41, 5.74) is 0.837. The molecule has 20 heavy (non-hydrogen) atoms.